The van der Waals surface area contributed by atoms with Crippen molar-refractivity contribution < 1.29 is 9.53 Å². The first-order valence-electron chi connectivity index (χ1n) is 7.29. The summed E-state index contributed by atoms with van der Waals surface area (Å²) >= 11 is 1.75. The van der Waals surface area contributed by atoms with Crippen molar-refractivity contribution >= 4 is 28.6 Å². The van der Waals surface area contributed by atoms with Gasteiger partial charge in [0, 0.05) is 11.8 Å². The highest BCUT2D eigenvalue weighted by molar-refractivity contribution is 7.99. The predicted molar refractivity (Wildman–Crippen MR) is 85.4 cm³/mol. The lowest BCUT2D eigenvalue weighted by Gasteiger charge is -2.04. The zero-order valence-corrected chi connectivity index (χ0v) is 13.1. The highest BCUT2D eigenvalue weighted by Gasteiger charge is 2.04. The number of ether oxygens (including phenoxy) is 1. The molecule has 0 atom stereocenters. The summed E-state index contributed by atoms with van der Waals surface area (Å²) in [5.74, 6) is 0.913. The van der Waals surface area contributed by atoms with Gasteiger partial charge in [0.1, 0.15) is 11.4 Å². The molecule has 0 fully saturated rings. The van der Waals surface area contributed by atoms with Crippen molar-refractivity contribution in [3.05, 3.63) is 30.6 Å². The normalized spacial score (nSPS) is 10.7. The number of esters is 1. The molecule has 21 heavy (non-hydrogen) atoms. The summed E-state index contributed by atoms with van der Waals surface area (Å²) in [6.45, 7) is 2.30. The third-order valence-corrected chi connectivity index (χ3v) is 4.17. The molecule has 0 N–H and O–H groups in total. The molecule has 1 aromatic heterocycles. The van der Waals surface area contributed by atoms with E-state index in [0.29, 0.717) is 13.0 Å². The Morgan fingerprint density at radius 3 is 2.90 bits per heavy atom. The number of fused-ring (bicyclic) bond motifs is 1. The average molecular weight is 304 g/mol. The fourth-order valence-electron chi connectivity index (χ4n) is 2.05. The Hall–Kier alpha value is -1.62. The maximum atomic E-state index is 11.2. The molecular formula is C16H20N2O2S. The van der Waals surface area contributed by atoms with Gasteiger partial charge in [0.15, 0.2) is 0 Å². The molecule has 0 spiro atoms. The van der Waals surface area contributed by atoms with Crippen LogP contribution in [-0.4, -0.2) is 28.3 Å². The summed E-state index contributed by atoms with van der Waals surface area (Å²) in [7, 11) is 0. The summed E-state index contributed by atoms with van der Waals surface area (Å²) in [6, 6.07) is 8.05. The van der Waals surface area contributed by atoms with Crippen LogP contribution >= 0.6 is 11.8 Å². The van der Waals surface area contributed by atoms with E-state index < -0.39 is 0 Å². The number of benzene rings is 1. The Kier molecular flexibility index (Phi) is 6.47. The third kappa shape index (κ3) is 5.01. The van der Waals surface area contributed by atoms with Gasteiger partial charge < -0.3 is 4.74 Å². The highest BCUT2D eigenvalue weighted by atomic mass is 32.2. The summed E-state index contributed by atoms with van der Waals surface area (Å²) in [6.07, 6.45) is 5.14. The molecule has 0 radical (unpaired) electrons. The van der Waals surface area contributed by atoms with E-state index >= 15 is 0 Å². The maximum absolute atomic E-state index is 11.2. The molecule has 0 aliphatic heterocycles. The topological polar surface area (TPSA) is 52.1 Å². The van der Waals surface area contributed by atoms with Crippen molar-refractivity contribution in [1.29, 1.82) is 0 Å². The van der Waals surface area contributed by atoms with E-state index in [1.165, 1.54) is 0 Å². The number of hydrogen-bond acceptors (Lipinski definition) is 5. The number of unbranched alkanes of at least 4 members (excludes halogenated alkanes) is 2. The van der Waals surface area contributed by atoms with Gasteiger partial charge in [-0.15, -0.1) is 11.8 Å². The highest BCUT2D eigenvalue weighted by Crippen LogP contribution is 2.25. The van der Waals surface area contributed by atoms with Gasteiger partial charge in [0.2, 0.25) is 0 Å². The lowest BCUT2D eigenvalue weighted by Crippen LogP contribution is -2.03. The third-order valence-electron chi connectivity index (χ3n) is 3.08. The van der Waals surface area contributed by atoms with Gasteiger partial charge in [-0.05, 0) is 31.6 Å². The van der Waals surface area contributed by atoms with Crippen LogP contribution in [0.1, 0.15) is 32.6 Å². The van der Waals surface area contributed by atoms with Gasteiger partial charge in [-0.1, -0.05) is 24.6 Å². The van der Waals surface area contributed by atoms with Crippen LogP contribution in [0.25, 0.3) is 10.9 Å². The maximum Gasteiger partial charge on any atom is 0.305 e. The van der Waals surface area contributed by atoms with Crippen LogP contribution in [0.3, 0.4) is 0 Å². The standard InChI is InChI=1S/C16H20N2O2S/c1-2-20-15(19)10-4-3-7-11-21-16-13-8-5-6-9-14(13)17-12-18-16/h5-6,8-9,12H,2-4,7,10-11H2,1H3. The first kappa shape index (κ1) is 15.8. The molecule has 0 amide bonds. The molecule has 2 aromatic rings. The van der Waals surface area contributed by atoms with Crippen LogP contribution in [0.15, 0.2) is 35.6 Å². The van der Waals surface area contributed by atoms with Crippen LogP contribution in [0.4, 0.5) is 0 Å². The molecule has 112 valence electrons. The fraction of sp³-hybridized carbons (Fsp3) is 0.438. The molecule has 1 heterocycles. The van der Waals surface area contributed by atoms with Crippen molar-refractivity contribution in [2.75, 3.05) is 12.4 Å². The van der Waals surface area contributed by atoms with Gasteiger partial charge in [0.05, 0.1) is 12.1 Å². The minimum Gasteiger partial charge on any atom is -0.466 e. The summed E-state index contributed by atoms with van der Waals surface area (Å²) in [4.78, 5) is 19.8. The van der Waals surface area contributed by atoms with E-state index in [-0.39, 0.29) is 5.97 Å². The quantitative estimate of drug-likeness (QED) is 0.321. The minimum atomic E-state index is -0.0908. The van der Waals surface area contributed by atoms with E-state index in [1.54, 1.807) is 18.1 Å². The van der Waals surface area contributed by atoms with Crippen molar-refractivity contribution in [3.8, 4) is 0 Å². The molecule has 0 aliphatic rings. The molecule has 5 heteroatoms. The van der Waals surface area contributed by atoms with Crippen LogP contribution in [0.2, 0.25) is 0 Å². The van der Waals surface area contributed by atoms with Gasteiger partial charge in [-0.25, -0.2) is 9.97 Å². The van der Waals surface area contributed by atoms with Crippen LogP contribution in [0, 0.1) is 0 Å². The Labute approximate surface area is 129 Å². The second kappa shape index (κ2) is 8.62. The molecule has 0 saturated carbocycles. The van der Waals surface area contributed by atoms with Crippen molar-refractivity contribution in [2.24, 2.45) is 0 Å². The Balaban J connectivity index is 1.72. The van der Waals surface area contributed by atoms with E-state index in [0.717, 1.165) is 40.9 Å². The summed E-state index contributed by atoms with van der Waals surface area (Å²) in [5, 5.41) is 2.14. The van der Waals surface area contributed by atoms with E-state index in [1.807, 2.05) is 25.1 Å². The number of carbonyl (C=O) groups excluding carboxylic acids is 1. The molecule has 1 aromatic carbocycles. The first-order valence-corrected chi connectivity index (χ1v) is 8.28. The molecule has 4 nitrogen and oxygen atoms in total. The van der Waals surface area contributed by atoms with Gasteiger partial charge >= 0.3 is 5.97 Å². The average Bonchev–Trinajstić information content (AvgIpc) is 2.51. The molecule has 0 bridgehead atoms. The van der Waals surface area contributed by atoms with Gasteiger partial charge in [-0.2, -0.15) is 0 Å². The second-order valence-corrected chi connectivity index (χ2v) is 5.74. The first-order chi connectivity index (χ1) is 10.3. The molecule has 2 rings (SSSR count). The number of aromatic nitrogens is 2. The number of para-hydroxylation sites is 1. The predicted octanol–water partition coefficient (Wildman–Crippen LogP) is 3.85. The van der Waals surface area contributed by atoms with Crippen LogP contribution in [0.5, 0.6) is 0 Å². The van der Waals surface area contributed by atoms with Gasteiger partial charge in [-0.3, -0.25) is 4.79 Å². The fourth-order valence-corrected chi connectivity index (χ4v) is 3.04. The Bertz CT molecular complexity index is 584. The molecule has 0 aliphatic carbocycles. The Morgan fingerprint density at radius 2 is 2.05 bits per heavy atom. The number of hydrogen-bond donors (Lipinski definition) is 0. The number of nitrogens with zero attached hydrogens (tertiary/aromatic N) is 2. The van der Waals surface area contributed by atoms with Crippen molar-refractivity contribution in [1.82, 2.24) is 9.97 Å². The number of thioether (sulfide) groups is 1. The molecule has 0 unspecified atom stereocenters. The molecular weight excluding hydrogens is 284 g/mol. The number of rotatable bonds is 8. The molecule has 0 saturated heterocycles. The largest absolute Gasteiger partial charge is 0.466 e. The van der Waals surface area contributed by atoms with Crippen LogP contribution < -0.4 is 0 Å². The monoisotopic (exact) mass is 304 g/mol. The zero-order chi connectivity index (χ0) is 14.9. The van der Waals surface area contributed by atoms with E-state index in [9.17, 15) is 4.79 Å². The van der Waals surface area contributed by atoms with E-state index in [2.05, 4.69) is 16.0 Å². The minimum absolute atomic E-state index is 0.0908. The SMILES string of the molecule is CCOC(=O)CCCCCSc1ncnc2ccccc12. The van der Waals surface area contributed by atoms with E-state index in [4.69, 9.17) is 4.74 Å². The lowest BCUT2D eigenvalue weighted by molar-refractivity contribution is -0.143. The summed E-state index contributed by atoms with van der Waals surface area (Å²) < 4.78 is 4.90. The summed E-state index contributed by atoms with van der Waals surface area (Å²) in [5.41, 5.74) is 0.984. The smallest absolute Gasteiger partial charge is 0.305 e. The zero-order valence-electron chi connectivity index (χ0n) is 12.2. The van der Waals surface area contributed by atoms with Crippen molar-refractivity contribution in [3.63, 3.8) is 0 Å². The Morgan fingerprint density at radius 1 is 1.19 bits per heavy atom. The number of carbonyl (C=O) groups is 1. The van der Waals surface area contributed by atoms with Gasteiger partial charge in [0.25, 0.3) is 0 Å². The second-order valence-electron chi connectivity index (χ2n) is 4.66. The lowest BCUT2D eigenvalue weighted by atomic mass is 10.2. The van der Waals surface area contributed by atoms with Crippen molar-refractivity contribution in [2.45, 2.75) is 37.6 Å². The van der Waals surface area contributed by atoms with Crippen LogP contribution in [-0.2, 0) is 9.53 Å².